The average molecular weight is 431 g/mol. The minimum absolute atomic E-state index is 0.00844. The summed E-state index contributed by atoms with van der Waals surface area (Å²) >= 11 is 0. The van der Waals surface area contributed by atoms with E-state index in [1.807, 2.05) is 24.3 Å². The second-order valence-corrected chi connectivity index (χ2v) is 7.47. The quantitative estimate of drug-likeness (QED) is 0.349. The Balaban J connectivity index is 1.40. The molecule has 4 aromatic rings. The van der Waals surface area contributed by atoms with E-state index in [1.165, 1.54) is 5.56 Å². The minimum Gasteiger partial charge on any atom is -0.489 e. The lowest BCUT2D eigenvalue weighted by Gasteiger charge is -2.15. The summed E-state index contributed by atoms with van der Waals surface area (Å²) in [5.41, 5.74) is 8.94. The van der Waals surface area contributed by atoms with E-state index in [0.717, 1.165) is 27.6 Å². The van der Waals surface area contributed by atoms with E-state index in [2.05, 4.69) is 68.9 Å². The van der Waals surface area contributed by atoms with E-state index in [4.69, 9.17) is 10.5 Å². The smallest absolute Gasteiger partial charge is 0.277 e. The summed E-state index contributed by atoms with van der Waals surface area (Å²) in [5, 5.41) is 15.3. The van der Waals surface area contributed by atoms with Crippen molar-refractivity contribution in [1.29, 1.82) is 0 Å². The predicted molar refractivity (Wildman–Crippen MR) is 122 cm³/mol. The number of carbonyl (C=O) groups excluding carboxylic acids is 1. The number of nitrogen functional groups attached to an aromatic ring is 1. The number of aryl methyl sites for hydroxylation is 1. The molecule has 3 aromatic carbocycles. The van der Waals surface area contributed by atoms with Crippen LogP contribution in [-0.4, -0.2) is 29.3 Å². The van der Waals surface area contributed by atoms with Gasteiger partial charge in [-0.25, -0.2) is 4.63 Å². The van der Waals surface area contributed by atoms with Crippen LogP contribution in [0.2, 0.25) is 0 Å². The molecule has 0 aliphatic heterocycles. The third-order valence-corrected chi connectivity index (χ3v) is 5.09. The maximum atomic E-state index is 12.0. The van der Waals surface area contributed by atoms with Gasteiger partial charge < -0.3 is 21.1 Å². The monoisotopic (exact) mass is 431 g/mol. The van der Waals surface area contributed by atoms with Gasteiger partial charge in [-0.2, -0.15) is 0 Å². The topological polar surface area (TPSA) is 115 Å². The summed E-state index contributed by atoms with van der Waals surface area (Å²) < 4.78 is 10.6. The molecule has 0 aliphatic rings. The van der Waals surface area contributed by atoms with Crippen LogP contribution < -0.4 is 21.1 Å². The molecule has 1 aromatic heterocycles. The molecular formula is C24H25N5O3. The fraction of sp³-hybridized carbons (Fsp3) is 0.208. The lowest BCUT2D eigenvalue weighted by molar-refractivity contribution is 0.0944. The highest BCUT2D eigenvalue weighted by atomic mass is 16.6. The Bertz CT molecular complexity index is 1220. The molecule has 0 fully saturated rings. The largest absolute Gasteiger partial charge is 0.489 e. The van der Waals surface area contributed by atoms with Crippen molar-refractivity contribution in [3.8, 4) is 5.75 Å². The van der Waals surface area contributed by atoms with Gasteiger partial charge in [-0.15, -0.1) is 0 Å². The SMILES string of the molecule is Cc1cccc(COc2ccc3ccccc3c2CNCCNC(=O)c2nonc2N)c1. The van der Waals surface area contributed by atoms with Crippen molar-refractivity contribution in [3.63, 3.8) is 0 Å². The number of ether oxygens (including phenoxy) is 1. The zero-order chi connectivity index (χ0) is 22.3. The molecule has 0 atom stereocenters. The van der Waals surface area contributed by atoms with Gasteiger partial charge >= 0.3 is 0 Å². The van der Waals surface area contributed by atoms with E-state index in [9.17, 15) is 4.79 Å². The van der Waals surface area contributed by atoms with E-state index in [1.54, 1.807) is 0 Å². The van der Waals surface area contributed by atoms with E-state index < -0.39 is 5.91 Å². The highest BCUT2D eigenvalue weighted by molar-refractivity contribution is 5.95. The Labute approximate surface area is 185 Å². The van der Waals surface area contributed by atoms with E-state index in [-0.39, 0.29) is 11.5 Å². The molecule has 0 saturated carbocycles. The summed E-state index contributed by atoms with van der Waals surface area (Å²) in [7, 11) is 0. The predicted octanol–water partition coefficient (Wildman–Crippen LogP) is 3.21. The average Bonchev–Trinajstić information content (AvgIpc) is 3.23. The maximum absolute atomic E-state index is 12.0. The normalized spacial score (nSPS) is 10.9. The Kier molecular flexibility index (Phi) is 6.62. The standard InChI is InChI=1S/C24H25N5O3/c1-16-5-4-6-17(13-16)15-31-21-10-9-18-7-2-3-8-19(18)20(21)14-26-11-12-27-24(30)22-23(25)29-32-28-22/h2-10,13,26H,11-12,14-15H2,1H3,(H2,25,29)(H,27,30). The fourth-order valence-corrected chi connectivity index (χ4v) is 3.51. The number of benzene rings is 3. The van der Waals surface area contributed by atoms with Gasteiger partial charge in [0.15, 0.2) is 0 Å². The Morgan fingerprint density at radius 3 is 2.75 bits per heavy atom. The first-order valence-electron chi connectivity index (χ1n) is 10.4. The number of hydrogen-bond donors (Lipinski definition) is 3. The zero-order valence-corrected chi connectivity index (χ0v) is 17.8. The lowest BCUT2D eigenvalue weighted by atomic mass is 10.0. The first-order chi connectivity index (χ1) is 15.6. The molecule has 4 rings (SSSR count). The van der Waals surface area contributed by atoms with Crippen molar-refractivity contribution in [2.24, 2.45) is 0 Å². The van der Waals surface area contributed by atoms with Crippen LogP contribution in [0.25, 0.3) is 10.8 Å². The fourth-order valence-electron chi connectivity index (χ4n) is 3.51. The molecule has 8 nitrogen and oxygen atoms in total. The van der Waals surface area contributed by atoms with Gasteiger partial charge in [-0.05, 0) is 39.6 Å². The van der Waals surface area contributed by atoms with Crippen molar-refractivity contribution in [1.82, 2.24) is 20.9 Å². The maximum Gasteiger partial charge on any atom is 0.277 e. The van der Waals surface area contributed by atoms with Crippen LogP contribution in [0, 0.1) is 6.92 Å². The Morgan fingerprint density at radius 2 is 1.94 bits per heavy atom. The number of amides is 1. The Morgan fingerprint density at radius 1 is 1.06 bits per heavy atom. The molecule has 1 amide bonds. The van der Waals surface area contributed by atoms with Gasteiger partial charge in [0.1, 0.15) is 12.4 Å². The van der Waals surface area contributed by atoms with Crippen LogP contribution in [0.3, 0.4) is 0 Å². The summed E-state index contributed by atoms with van der Waals surface area (Å²) in [4.78, 5) is 12.0. The first-order valence-corrected chi connectivity index (χ1v) is 10.4. The number of nitrogens with zero attached hydrogens (tertiary/aromatic N) is 2. The summed E-state index contributed by atoms with van der Waals surface area (Å²) in [6.07, 6.45) is 0. The van der Waals surface area contributed by atoms with Crippen LogP contribution in [0.4, 0.5) is 5.82 Å². The first kappa shape index (κ1) is 21.3. The van der Waals surface area contributed by atoms with Crippen LogP contribution in [0.1, 0.15) is 27.2 Å². The van der Waals surface area contributed by atoms with Crippen LogP contribution in [0.5, 0.6) is 5.75 Å². The summed E-state index contributed by atoms with van der Waals surface area (Å²) in [6, 6.07) is 20.6. The number of anilines is 1. The number of rotatable bonds is 9. The van der Waals surface area contributed by atoms with Gasteiger partial charge in [0.2, 0.25) is 11.5 Å². The molecule has 0 saturated heterocycles. The number of carbonyl (C=O) groups is 1. The summed E-state index contributed by atoms with van der Waals surface area (Å²) in [5.74, 6) is 0.391. The van der Waals surface area contributed by atoms with Gasteiger partial charge in [0, 0.05) is 25.2 Å². The molecule has 0 bridgehead atoms. The molecule has 164 valence electrons. The molecule has 0 aliphatic carbocycles. The molecule has 8 heteroatoms. The Hall–Kier alpha value is -3.91. The highest BCUT2D eigenvalue weighted by Crippen LogP contribution is 2.28. The van der Waals surface area contributed by atoms with E-state index >= 15 is 0 Å². The molecule has 4 N–H and O–H groups in total. The van der Waals surface area contributed by atoms with Crippen molar-refractivity contribution < 1.29 is 14.2 Å². The van der Waals surface area contributed by atoms with Gasteiger partial charge in [-0.1, -0.05) is 60.2 Å². The van der Waals surface area contributed by atoms with Gasteiger partial charge in [0.05, 0.1) is 0 Å². The van der Waals surface area contributed by atoms with Gasteiger partial charge in [0.25, 0.3) is 5.91 Å². The van der Waals surface area contributed by atoms with Crippen molar-refractivity contribution in [3.05, 3.63) is 83.0 Å². The van der Waals surface area contributed by atoms with Crippen molar-refractivity contribution >= 4 is 22.5 Å². The number of nitrogens with one attached hydrogen (secondary N) is 2. The van der Waals surface area contributed by atoms with Gasteiger partial charge in [-0.3, -0.25) is 4.79 Å². The minimum atomic E-state index is -0.419. The van der Waals surface area contributed by atoms with Crippen LogP contribution in [0.15, 0.2) is 65.3 Å². The van der Waals surface area contributed by atoms with Crippen molar-refractivity contribution in [2.45, 2.75) is 20.1 Å². The summed E-state index contributed by atoms with van der Waals surface area (Å²) in [6.45, 7) is 4.11. The number of aromatic nitrogens is 2. The molecule has 1 heterocycles. The second-order valence-electron chi connectivity index (χ2n) is 7.47. The molecular weight excluding hydrogens is 406 g/mol. The molecule has 32 heavy (non-hydrogen) atoms. The third-order valence-electron chi connectivity index (χ3n) is 5.09. The molecule has 0 unspecified atom stereocenters. The third kappa shape index (κ3) is 5.04. The number of nitrogens with two attached hydrogens (primary N) is 1. The van der Waals surface area contributed by atoms with Crippen LogP contribution >= 0.6 is 0 Å². The van der Waals surface area contributed by atoms with E-state index in [0.29, 0.717) is 26.2 Å². The molecule has 0 radical (unpaired) electrons. The molecule has 0 spiro atoms. The zero-order valence-electron chi connectivity index (χ0n) is 17.8. The number of fused-ring (bicyclic) bond motifs is 1. The van der Waals surface area contributed by atoms with Crippen LogP contribution in [-0.2, 0) is 13.2 Å². The highest BCUT2D eigenvalue weighted by Gasteiger charge is 2.15. The number of hydrogen-bond acceptors (Lipinski definition) is 7. The lowest BCUT2D eigenvalue weighted by Crippen LogP contribution is -2.32. The van der Waals surface area contributed by atoms with Crippen molar-refractivity contribution in [2.75, 3.05) is 18.8 Å². The second kappa shape index (κ2) is 9.93.